The first-order valence-corrected chi connectivity index (χ1v) is 2.57. The summed E-state index contributed by atoms with van der Waals surface area (Å²) in [5, 5.41) is 19.0. The third-order valence-electron chi connectivity index (χ3n) is 0.784. The quantitative estimate of drug-likeness (QED) is 0.514. The van der Waals surface area contributed by atoms with Crippen LogP contribution in [0.1, 0.15) is 0 Å². The van der Waals surface area contributed by atoms with E-state index in [9.17, 15) is 0 Å². The smallest absolute Gasteiger partial charge is 0.182 e. The van der Waals surface area contributed by atoms with Gasteiger partial charge in [0.05, 0.1) is 0 Å². The predicted octanol–water partition coefficient (Wildman–Crippen LogP) is 0.253. The van der Waals surface area contributed by atoms with E-state index in [1.165, 1.54) is 12.1 Å². The lowest BCUT2D eigenvalue weighted by molar-refractivity contribution is 0.130. The van der Waals surface area contributed by atoms with Gasteiger partial charge in [0, 0.05) is 0 Å². The van der Waals surface area contributed by atoms with Crippen LogP contribution in [0.4, 0.5) is 0 Å². The van der Waals surface area contributed by atoms with Crippen molar-refractivity contribution in [3.63, 3.8) is 0 Å². The largest absolute Gasteiger partial charge is 0.410 e. The average molecular weight is 146 g/mol. The maximum Gasteiger partial charge on any atom is 0.182 e. The summed E-state index contributed by atoms with van der Waals surface area (Å²) in [4.78, 5) is 0.405. The third kappa shape index (κ3) is 1.20. The van der Waals surface area contributed by atoms with E-state index in [0.717, 1.165) is 0 Å². The van der Waals surface area contributed by atoms with E-state index in [2.05, 4.69) is 5.10 Å². The molecule has 0 saturated carbocycles. The van der Waals surface area contributed by atoms with Crippen LogP contribution in [0.2, 0.25) is 5.15 Å². The standard InChI is InChI=1S/C4H4ClN3O/c5-3-1-2-4(6)8(9)7-3/h1-2,6,9H. The molecule has 0 radical (unpaired) electrons. The van der Waals surface area contributed by atoms with Gasteiger partial charge in [-0.3, -0.25) is 5.41 Å². The Balaban J connectivity index is 3.34. The van der Waals surface area contributed by atoms with E-state index in [4.69, 9.17) is 22.2 Å². The van der Waals surface area contributed by atoms with E-state index in [1.54, 1.807) is 0 Å². The highest BCUT2D eigenvalue weighted by Crippen LogP contribution is 1.95. The van der Waals surface area contributed by atoms with Crippen molar-refractivity contribution in [1.29, 1.82) is 5.41 Å². The molecule has 1 aromatic rings. The Morgan fingerprint density at radius 2 is 2.33 bits per heavy atom. The van der Waals surface area contributed by atoms with Crippen molar-refractivity contribution in [1.82, 2.24) is 9.94 Å². The average Bonchev–Trinajstić information content (AvgIpc) is 1.80. The normalized spacial score (nSPS) is 9.44. The molecule has 1 aromatic heterocycles. The second kappa shape index (κ2) is 2.06. The van der Waals surface area contributed by atoms with Crippen LogP contribution in [-0.2, 0) is 0 Å². The van der Waals surface area contributed by atoms with Gasteiger partial charge in [-0.15, -0.1) is 5.10 Å². The number of hydrogen-bond acceptors (Lipinski definition) is 3. The van der Waals surface area contributed by atoms with Gasteiger partial charge in [-0.1, -0.05) is 16.4 Å². The van der Waals surface area contributed by atoms with Crippen LogP contribution in [0, 0.1) is 5.41 Å². The number of halogens is 1. The van der Waals surface area contributed by atoms with Crippen molar-refractivity contribution in [3.05, 3.63) is 22.8 Å². The van der Waals surface area contributed by atoms with Crippen molar-refractivity contribution in [2.24, 2.45) is 0 Å². The first-order chi connectivity index (χ1) is 4.20. The molecule has 0 amide bonds. The van der Waals surface area contributed by atoms with Crippen molar-refractivity contribution in [2.45, 2.75) is 0 Å². The van der Waals surface area contributed by atoms with E-state index >= 15 is 0 Å². The molecule has 0 spiro atoms. The molecular weight excluding hydrogens is 142 g/mol. The molecule has 0 aromatic carbocycles. The maximum atomic E-state index is 8.63. The minimum atomic E-state index is -0.0978. The molecule has 1 rings (SSSR count). The Morgan fingerprint density at radius 1 is 1.67 bits per heavy atom. The summed E-state index contributed by atoms with van der Waals surface area (Å²) in [5.74, 6) is 0. The summed E-state index contributed by atoms with van der Waals surface area (Å²) in [6, 6.07) is 2.77. The molecule has 0 aliphatic carbocycles. The Morgan fingerprint density at radius 3 is 2.78 bits per heavy atom. The number of nitrogens with zero attached hydrogens (tertiary/aromatic N) is 2. The molecule has 1 heterocycles. The predicted molar refractivity (Wildman–Crippen MR) is 30.3 cm³/mol. The highest BCUT2D eigenvalue weighted by atomic mass is 35.5. The minimum Gasteiger partial charge on any atom is -0.410 e. The molecule has 9 heavy (non-hydrogen) atoms. The fraction of sp³-hybridized carbons (Fsp3) is 0. The molecule has 0 unspecified atom stereocenters. The third-order valence-corrected chi connectivity index (χ3v) is 0.986. The number of aromatic nitrogens is 2. The van der Waals surface area contributed by atoms with Crippen molar-refractivity contribution >= 4 is 11.6 Å². The molecule has 2 N–H and O–H groups in total. The maximum absolute atomic E-state index is 8.63. The Hall–Kier alpha value is -1.03. The van der Waals surface area contributed by atoms with Crippen LogP contribution in [0.3, 0.4) is 0 Å². The zero-order valence-corrected chi connectivity index (χ0v) is 5.13. The SMILES string of the molecule is N=c1ccc(Cl)nn1O. The van der Waals surface area contributed by atoms with Crippen molar-refractivity contribution in [3.8, 4) is 0 Å². The molecule has 5 heteroatoms. The van der Waals surface area contributed by atoms with Gasteiger partial charge in [-0.25, -0.2) is 0 Å². The van der Waals surface area contributed by atoms with Crippen LogP contribution in [0.25, 0.3) is 0 Å². The lowest BCUT2D eigenvalue weighted by atomic mass is 10.6. The molecule has 48 valence electrons. The summed E-state index contributed by atoms with van der Waals surface area (Å²) in [5.41, 5.74) is -0.0978. The van der Waals surface area contributed by atoms with Crippen LogP contribution in [-0.4, -0.2) is 15.2 Å². The lowest BCUT2D eigenvalue weighted by Crippen LogP contribution is -2.18. The fourth-order valence-electron chi connectivity index (χ4n) is 0.392. The summed E-state index contributed by atoms with van der Waals surface area (Å²) >= 11 is 5.34. The van der Waals surface area contributed by atoms with Crippen LogP contribution in [0.15, 0.2) is 12.1 Å². The van der Waals surface area contributed by atoms with Gasteiger partial charge in [-0.2, -0.15) is 0 Å². The van der Waals surface area contributed by atoms with Crippen molar-refractivity contribution in [2.75, 3.05) is 0 Å². The lowest BCUT2D eigenvalue weighted by Gasteiger charge is -1.92. The van der Waals surface area contributed by atoms with Crippen LogP contribution >= 0.6 is 11.6 Å². The summed E-state index contributed by atoms with van der Waals surface area (Å²) in [6.07, 6.45) is 0. The van der Waals surface area contributed by atoms with Gasteiger partial charge in [0.2, 0.25) is 0 Å². The molecule has 0 aliphatic rings. The second-order valence-corrected chi connectivity index (χ2v) is 1.82. The van der Waals surface area contributed by atoms with Crippen molar-refractivity contribution < 1.29 is 5.21 Å². The molecular formula is C4H4ClN3O. The number of hydrogen-bond donors (Lipinski definition) is 2. The van der Waals surface area contributed by atoms with E-state index in [1.807, 2.05) is 0 Å². The van der Waals surface area contributed by atoms with E-state index in [-0.39, 0.29) is 10.6 Å². The Bertz CT molecular complexity index is 269. The molecule has 0 atom stereocenters. The fourth-order valence-corrected chi connectivity index (χ4v) is 0.527. The first kappa shape index (κ1) is 6.10. The number of nitrogens with one attached hydrogen (secondary N) is 1. The van der Waals surface area contributed by atoms with Gasteiger partial charge < -0.3 is 5.21 Å². The van der Waals surface area contributed by atoms with Gasteiger partial charge in [0.1, 0.15) is 0 Å². The molecule has 0 bridgehead atoms. The van der Waals surface area contributed by atoms with Crippen LogP contribution < -0.4 is 5.49 Å². The topological polar surface area (TPSA) is 61.9 Å². The van der Waals surface area contributed by atoms with Gasteiger partial charge in [0.25, 0.3) is 0 Å². The molecule has 0 saturated heterocycles. The molecule has 0 fully saturated rings. The Labute approximate surface area is 55.8 Å². The molecule has 4 nitrogen and oxygen atoms in total. The second-order valence-electron chi connectivity index (χ2n) is 1.43. The van der Waals surface area contributed by atoms with E-state index in [0.29, 0.717) is 4.85 Å². The van der Waals surface area contributed by atoms with Gasteiger partial charge >= 0.3 is 0 Å². The zero-order chi connectivity index (χ0) is 6.85. The Kier molecular flexibility index (Phi) is 1.40. The summed E-state index contributed by atoms with van der Waals surface area (Å²) < 4.78 is 0. The monoisotopic (exact) mass is 145 g/mol. The molecule has 0 aliphatic heterocycles. The first-order valence-electron chi connectivity index (χ1n) is 2.20. The minimum absolute atomic E-state index is 0.0978. The van der Waals surface area contributed by atoms with Crippen LogP contribution in [0.5, 0.6) is 0 Å². The highest BCUT2D eigenvalue weighted by molar-refractivity contribution is 6.29. The summed E-state index contributed by atoms with van der Waals surface area (Å²) in [6.45, 7) is 0. The summed E-state index contributed by atoms with van der Waals surface area (Å²) in [7, 11) is 0. The number of rotatable bonds is 0. The zero-order valence-electron chi connectivity index (χ0n) is 4.37. The van der Waals surface area contributed by atoms with Gasteiger partial charge in [0.15, 0.2) is 10.6 Å². The van der Waals surface area contributed by atoms with Gasteiger partial charge in [-0.05, 0) is 12.1 Å². The highest BCUT2D eigenvalue weighted by Gasteiger charge is 1.89. The van der Waals surface area contributed by atoms with E-state index < -0.39 is 0 Å².